The summed E-state index contributed by atoms with van der Waals surface area (Å²) in [5, 5.41) is 9.03. The molecule has 39 heavy (non-hydrogen) atoms. The molecule has 1 aliphatic carbocycles. The number of amides is 1. The molecule has 1 amide bonds. The second-order valence-corrected chi connectivity index (χ2v) is 11.2. The Balaban J connectivity index is 1.51. The van der Waals surface area contributed by atoms with E-state index in [9.17, 15) is 22.5 Å². The number of rotatable bonds is 8. The Labute approximate surface area is 233 Å². The highest BCUT2D eigenvalue weighted by Gasteiger charge is 2.50. The van der Waals surface area contributed by atoms with Gasteiger partial charge < -0.3 is 19.1 Å². The van der Waals surface area contributed by atoms with Gasteiger partial charge in [-0.25, -0.2) is 4.98 Å². The second kappa shape index (κ2) is 11.7. The van der Waals surface area contributed by atoms with Gasteiger partial charge in [0.05, 0.1) is 22.9 Å². The number of alkyl halides is 3. The number of piperidine rings is 1. The fourth-order valence-corrected chi connectivity index (χ4v) is 5.98. The van der Waals surface area contributed by atoms with Crippen molar-refractivity contribution in [1.29, 1.82) is 5.26 Å². The molecular formula is C26H28F3N5O3S2. The van der Waals surface area contributed by atoms with E-state index in [-0.39, 0.29) is 11.8 Å². The molecule has 1 aromatic heterocycles. The lowest BCUT2D eigenvalue weighted by Gasteiger charge is -2.49. The van der Waals surface area contributed by atoms with E-state index in [1.165, 1.54) is 18.6 Å². The lowest BCUT2D eigenvalue weighted by molar-refractivity contribution is -0.138. The Hall–Kier alpha value is -2.92. The van der Waals surface area contributed by atoms with Gasteiger partial charge in [0.1, 0.15) is 29.7 Å². The van der Waals surface area contributed by atoms with Gasteiger partial charge in [-0.2, -0.15) is 18.4 Å². The number of anilines is 2. The number of carbonyl (C=O) groups is 1. The molecule has 1 atom stereocenters. The van der Waals surface area contributed by atoms with Crippen LogP contribution in [0, 0.1) is 11.3 Å². The zero-order chi connectivity index (χ0) is 28.4. The van der Waals surface area contributed by atoms with Crippen molar-refractivity contribution in [1.82, 2.24) is 9.29 Å². The van der Waals surface area contributed by atoms with E-state index in [1.807, 2.05) is 4.31 Å². The molecule has 2 aliphatic rings. The molecule has 13 heteroatoms. The molecule has 0 radical (unpaired) electrons. The Morgan fingerprint density at radius 3 is 2.41 bits per heavy atom. The molecule has 1 aliphatic heterocycles. The Kier molecular flexibility index (Phi) is 8.70. The molecule has 2 aromatic rings. The minimum absolute atomic E-state index is 0.00749. The third-order valence-corrected chi connectivity index (χ3v) is 8.61. The van der Waals surface area contributed by atoms with Gasteiger partial charge in [0, 0.05) is 50.0 Å². The zero-order valence-corrected chi connectivity index (χ0v) is 23.1. The van der Waals surface area contributed by atoms with Crippen LogP contribution in [0.3, 0.4) is 0 Å². The van der Waals surface area contributed by atoms with E-state index in [1.54, 1.807) is 35.4 Å². The van der Waals surface area contributed by atoms with E-state index in [4.69, 9.17) is 22.2 Å². The summed E-state index contributed by atoms with van der Waals surface area (Å²) in [6.45, 7) is 1.39. The number of hydrogen-bond acceptors (Lipinski definition) is 7. The van der Waals surface area contributed by atoms with Gasteiger partial charge in [-0.05, 0) is 49.6 Å². The van der Waals surface area contributed by atoms with Crippen LogP contribution in [0.4, 0.5) is 24.5 Å². The fraction of sp³-hybridized carbons (Fsp3) is 0.462. The number of benzene rings is 1. The molecule has 1 aromatic carbocycles. The molecule has 208 valence electrons. The summed E-state index contributed by atoms with van der Waals surface area (Å²) in [7, 11) is 1.39. The number of halogens is 3. The number of hydrogen-bond donors (Lipinski definition) is 0. The molecule has 4 rings (SSSR count). The number of nitriles is 1. The summed E-state index contributed by atoms with van der Waals surface area (Å²) < 4.78 is 60.1. The quantitative estimate of drug-likeness (QED) is 0.334. The minimum Gasteiger partial charge on any atom is -0.598 e. The first-order valence-corrected chi connectivity index (χ1v) is 14.3. The third kappa shape index (κ3) is 5.99. The van der Waals surface area contributed by atoms with E-state index < -0.39 is 40.2 Å². The SMILES string of the molecule is CN(C(=O)C1(N(C=S)c2ccc(OC3CCN([S+](C)[O-])CC3)cc2)CCC1)c1cnc(C#N)c(C(F)(F)F)c1. The van der Waals surface area contributed by atoms with Gasteiger partial charge >= 0.3 is 6.18 Å². The molecule has 2 fully saturated rings. The van der Waals surface area contributed by atoms with Crippen molar-refractivity contribution in [2.75, 3.05) is 36.2 Å². The zero-order valence-electron chi connectivity index (χ0n) is 21.5. The van der Waals surface area contributed by atoms with E-state index in [2.05, 4.69) is 4.98 Å². The topological polar surface area (TPSA) is 95.8 Å². The van der Waals surface area contributed by atoms with Crippen LogP contribution in [0.15, 0.2) is 36.5 Å². The summed E-state index contributed by atoms with van der Waals surface area (Å²) in [4.78, 5) is 20.2. The van der Waals surface area contributed by atoms with Gasteiger partial charge in [0.15, 0.2) is 5.69 Å². The van der Waals surface area contributed by atoms with Crippen LogP contribution < -0.4 is 14.5 Å². The Morgan fingerprint density at radius 2 is 1.92 bits per heavy atom. The minimum atomic E-state index is -4.79. The van der Waals surface area contributed by atoms with Crippen molar-refractivity contribution in [3.8, 4) is 11.8 Å². The summed E-state index contributed by atoms with van der Waals surface area (Å²) >= 11 is 4.30. The van der Waals surface area contributed by atoms with E-state index in [0.717, 1.165) is 36.4 Å². The van der Waals surface area contributed by atoms with Crippen LogP contribution in [0.1, 0.15) is 43.4 Å². The number of carbonyl (C=O) groups excluding carboxylic acids is 1. The monoisotopic (exact) mass is 579 g/mol. The van der Waals surface area contributed by atoms with Gasteiger partial charge in [0.2, 0.25) is 0 Å². The fourth-order valence-electron chi connectivity index (χ4n) is 4.93. The Bertz CT molecular complexity index is 1240. The summed E-state index contributed by atoms with van der Waals surface area (Å²) in [6, 6.07) is 9.41. The number of likely N-dealkylation sites (N-methyl/N-ethyl adjacent to an activating group) is 1. The van der Waals surface area contributed by atoms with Crippen LogP contribution in [0.2, 0.25) is 0 Å². The van der Waals surface area contributed by atoms with Crippen molar-refractivity contribution >= 4 is 46.4 Å². The van der Waals surface area contributed by atoms with Crippen molar-refractivity contribution in [2.24, 2.45) is 0 Å². The molecular weight excluding hydrogens is 551 g/mol. The Morgan fingerprint density at radius 1 is 1.28 bits per heavy atom. The molecule has 0 bridgehead atoms. The smallest absolute Gasteiger partial charge is 0.419 e. The van der Waals surface area contributed by atoms with E-state index >= 15 is 0 Å². The van der Waals surface area contributed by atoms with Crippen LogP contribution in [0.25, 0.3) is 0 Å². The first kappa shape index (κ1) is 29.1. The lowest BCUT2D eigenvalue weighted by Crippen LogP contribution is -2.63. The second-order valence-electron chi connectivity index (χ2n) is 9.59. The lowest BCUT2D eigenvalue weighted by atomic mass is 9.74. The van der Waals surface area contributed by atoms with Crippen LogP contribution in [0.5, 0.6) is 5.75 Å². The van der Waals surface area contributed by atoms with Gasteiger partial charge in [-0.15, -0.1) is 4.31 Å². The van der Waals surface area contributed by atoms with Crippen LogP contribution >= 0.6 is 12.2 Å². The molecule has 0 spiro atoms. The van der Waals surface area contributed by atoms with Crippen molar-refractivity contribution in [2.45, 2.75) is 49.9 Å². The average Bonchev–Trinajstić information content (AvgIpc) is 2.90. The highest BCUT2D eigenvalue weighted by atomic mass is 32.2. The number of ether oxygens (including phenoxy) is 1. The molecule has 1 saturated carbocycles. The number of nitrogens with zero attached hydrogens (tertiary/aromatic N) is 5. The van der Waals surface area contributed by atoms with E-state index in [0.29, 0.717) is 37.4 Å². The molecule has 1 unspecified atom stereocenters. The van der Waals surface area contributed by atoms with Crippen molar-refractivity contribution < 1.29 is 27.3 Å². The van der Waals surface area contributed by atoms with Gasteiger partial charge in [-0.1, -0.05) is 12.2 Å². The highest BCUT2D eigenvalue weighted by Crippen LogP contribution is 2.43. The van der Waals surface area contributed by atoms with Crippen molar-refractivity contribution in [3.05, 3.63) is 47.8 Å². The first-order valence-electron chi connectivity index (χ1n) is 12.4. The first-order chi connectivity index (χ1) is 18.5. The summed E-state index contributed by atoms with van der Waals surface area (Å²) in [5.41, 5.74) is -1.03. The largest absolute Gasteiger partial charge is 0.598 e. The number of thiocarbonyl (C=S) groups is 1. The standard InChI is InChI=1S/C26H28F3N5O3S2/c1-32(19-14-22(26(27,28)29)23(15-30)31-16-19)24(35)25(10-3-11-25)34(17-38)18-4-6-20(7-5-18)37-21-8-12-33(13-9-21)39(2)36/h4-7,14,16-17,21H,3,8-13H2,1-2H3. The average molecular weight is 580 g/mol. The van der Waals surface area contributed by atoms with Crippen LogP contribution in [-0.2, 0) is 22.3 Å². The predicted octanol–water partition coefficient (Wildman–Crippen LogP) is 4.46. The molecule has 2 heterocycles. The maximum Gasteiger partial charge on any atom is 0.419 e. The normalized spacial score (nSPS) is 18.4. The third-order valence-electron chi connectivity index (χ3n) is 7.30. The van der Waals surface area contributed by atoms with Crippen molar-refractivity contribution in [3.63, 3.8) is 0 Å². The van der Waals surface area contributed by atoms with Gasteiger partial charge in [-0.3, -0.25) is 4.79 Å². The van der Waals surface area contributed by atoms with Gasteiger partial charge in [0.25, 0.3) is 5.91 Å². The molecule has 8 nitrogen and oxygen atoms in total. The molecule has 1 saturated heterocycles. The van der Waals surface area contributed by atoms with Crippen LogP contribution in [-0.4, -0.2) is 63.3 Å². The maximum atomic E-state index is 13.7. The predicted molar refractivity (Wildman–Crippen MR) is 146 cm³/mol. The number of pyridine rings is 1. The summed E-state index contributed by atoms with van der Waals surface area (Å²) in [6.07, 6.45) is 1.18. The molecule has 0 N–H and O–H groups in total. The highest BCUT2D eigenvalue weighted by molar-refractivity contribution is 7.88. The summed E-state index contributed by atoms with van der Waals surface area (Å²) in [5.74, 6) is 0.239. The number of aromatic nitrogens is 1. The maximum absolute atomic E-state index is 13.7.